The van der Waals surface area contributed by atoms with Crippen molar-refractivity contribution in [3.8, 4) is 0 Å². The van der Waals surface area contributed by atoms with E-state index in [-0.39, 0.29) is 18.7 Å². The lowest BCUT2D eigenvalue weighted by Gasteiger charge is -2.54. The van der Waals surface area contributed by atoms with Crippen LogP contribution in [0.15, 0.2) is 36.4 Å². The molecule has 2 atom stereocenters. The molecule has 4 heteroatoms. The number of esters is 1. The van der Waals surface area contributed by atoms with Crippen LogP contribution in [0.5, 0.6) is 0 Å². The van der Waals surface area contributed by atoms with E-state index < -0.39 is 6.29 Å². The second-order valence-electron chi connectivity index (χ2n) is 10.2. The summed E-state index contributed by atoms with van der Waals surface area (Å²) in [6.45, 7) is 4.95. The monoisotopic (exact) mass is 440 g/mol. The van der Waals surface area contributed by atoms with Gasteiger partial charge in [-0.05, 0) is 73.3 Å². The van der Waals surface area contributed by atoms with Gasteiger partial charge < -0.3 is 14.2 Å². The maximum atomic E-state index is 11.7. The Bertz CT molecular complexity index is 749. The third-order valence-corrected chi connectivity index (χ3v) is 8.21. The van der Waals surface area contributed by atoms with Gasteiger partial charge in [0.05, 0.1) is 6.61 Å². The average molecular weight is 441 g/mol. The van der Waals surface area contributed by atoms with Crippen LogP contribution < -0.4 is 0 Å². The van der Waals surface area contributed by atoms with Gasteiger partial charge in [0, 0.05) is 6.08 Å². The molecule has 4 fully saturated rings. The van der Waals surface area contributed by atoms with Crippen molar-refractivity contribution in [3.63, 3.8) is 0 Å². The number of benzene rings is 1. The highest BCUT2D eigenvalue weighted by Gasteiger charge is 2.48. The van der Waals surface area contributed by atoms with Crippen LogP contribution in [0.3, 0.4) is 0 Å². The lowest BCUT2D eigenvalue weighted by atomic mass is 9.51. The molecule has 2 bridgehead atoms. The fourth-order valence-electron chi connectivity index (χ4n) is 6.00. The van der Waals surface area contributed by atoms with Gasteiger partial charge in [-0.3, -0.25) is 0 Å². The highest BCUT2D eigenvalue weighted by Crippen LogP contribution is 2.59. The molecule has 1 saturated heterocycles. The van der Waals surface area contributed by atoms with E-state index in [1.807, 2.05) is 6.92 Å². The number of ether oxygens (including phenoxy) is 3. The van der Waals surface area contributed by atoms with Crippen molar-refractivity contribution < 1.29 is 19.0 Å². The van der Waals surface area contributed by atoms with Crippen molar-refractivity contribution in [1.29, 1.82) is 0 Å². The van der Waals surface area contributed by atoms with Gasteiger partial charge in [-0.15, -0.1) is 0 Å². The Labute approximate surface area is 193 Å². The molecule has 3 saturated carbocycles. The van der Waals surface area contributed by atoms with Gasteiger partial charge in [-0.25, -0.2) is 4.79 Å². The molecule has 1 heterocycles. The van der Waals surface area contributed by atoms with Gasteiger partial charge in [0.1, 0.15) is 12.7 Å². The zero-order chi connectivity index (χ0) is 22.4. The molecule has 0 spiro atoms. The summed E-state index contributed by atoms with van der Waals surface area (Å²) in [7, 11) is 0. The Morgan fingerprint density at radius 2 is 1.72 bits per heavy atom. The number of unbranched alkanes of at least 4 members (excludes halogenated alkanes) is 2. The second kappa shape index (κ2) is 10.5. The quantitative estimate of drug-likeness (QED) is 0.241. The minimum atomic E-state index is -0.625. The molecular formula is C28H40O4. The van der Waals surface area contributed by atoms with E-state index in [0.29, 0.717) is 17.4 Å². The first-order valence-corrected chi connectivity index (χ1v) is 12.8. The van der Waals surface area contributed by atoms with E-state index in [1.165, 1.54) is 75.8 Å². The summed E-state index contributed by atoms with van der Waals surface area (Å²) in [5.74, 6) is -0.378. The number of hydrogen-bond donors (Lipinski definition) is 0. The lowest BCUT2D eigenvalue weighted by molar-refractivity contribution is -0.230. The zero-order valence-electron chi connectivity index (χ0n) is 19.9. The van der Waals surface area contributed by atoms with Crippen LogP contribution in [0.25, 0.3) is 0 Å². The number of allylic oxidation sites excluding steroid dienone is 1. The molecule has 5 rings (SSSR count). The Balaban J connectivity index is 1.29. The Morgan fingerprint density at radius 1 is 1.00 bits per heavy atom. The van der Waals surface area contributed by atoms with E-state index in [0.717, 1.165) is 12.0 Å². The predicted molar refractivity (Wildman–Crippen MR) is 126 cm³/mol. The molecule has 0 amide bonds. The molecule has 4 aliphatic rings. The SMILES string of the molecule is CCC=CC(=O)O[C@@H]1CO[C@@H](c2ccc(C34CCC(CCCCC)(CC3)CC4)cc2)CO1. The molecule has 0 radical (unpaired) electrons. The molecule has 0 unspecified atom stereocenters. The van der Waals surface area contributed by atoms with Crippen LogP contribution in [0, 0.1) is 5.41 Å². The molecular weight excluding hydrogens is 400 g/mol. The van der Waals surface area contributed by atoms with Crippen molar-refractivity contribution in [2.75, 3.05) is 13.2 Å². The number of carbonyl (C=O) groups excluding carboxylic acids is 1. The number of carbonyl (C=O) groups is 1. The van der Waals surface area contributed by atoms with E-state index in [2.05, 4.69) is 31.2 Å². The van der Waals surface area contributed by atoms with Gasteiger partial charge in [0.15, 0.2) is 0 Å². The lowest BCUT2D eigenvalue weighted by Crippen LogP contribution is -2.44. The van der Waals surface area contributed by atoms with E-state index in [9.17, 15) is 4.79 Å². The van der Waals surface area contributed by atoms with Crippen molar-refractivity contribution in [2.45, 2.75) is 102 Å². The van der Waals surface area contributed by atoms with Gasteiger partial charge >= 0.3 is 5.97 Å². The highest BCUT2D eigenvalue weighted by molar-refractivity contribution is 5.81. The van der Waals surface area contributed by atoms with Crippen LogP contribution in [-0.2, 0) is 24.4 Å². The van der Waals surface area contributed by atoms with Crippen LogP contribution in [0.1, 0.15) is 102 Å². The summed E-state index contributed by atoms with van der Waals surface area (Å²) < 4.78 is 17.0. The molecule has 4 nitrogen and oxygen atoms in total. The molecule has 1 aromatic carbocycles. The highest BCUT2D eigenvalue weighted by atomic mass is 16.7. The first-order chi connectivity index (χ1) is 15.6. The number of hydrogen-bond acceptors (Lipinski definition) is 4. The van der Waals surface area contributed by atoms with E-state index >= 15 is 0 Å². The molecule has 0 aromatic heterocycles. The first kappa shape index (κ1) is 23.5. The van der Waals surface area contributed by atoms with E-state index in [4.69, 9.17) is 14.2 Å². The third-order valence-electron chi connectivity index (χ3n) is 8.21. The standard InChI is InChI=1S/C28H40O4/c1-3-5-7-13-27-14-17-28(18-15-27,19-16-27)23-11-9-22(10-12-23)24-20-31-26(21-30-24)32-25(29)8-6-4-2/h6,8-12,24,26H,3-5,7,13-21H2,1-2H3/t24-,26-,27?,28?/m1/s1. The number of rotatable bonds is 9. The minimum absolute atomic E-state index is 0.105. The summed E-state index contributed by atoms with van der Waals surface area (Å²) in [4.78, 5) is 11.7. The molecule has 3 aliphatic carbocycles. The van der Waals surface area contributed by atoms with Crippen LogP contribution in [0.4, 0.5) is 0 Å². The van der Waals surface area contributed by atoms with Crippen LogP contribution >= 0.6 is 0 Å². The smallest absolute Gasteiger partial charge is 0.332 e. The van der Waals surface area contributed by atoms with E-state index in [1.54, 1.807) is 6.08 Å². The maximum absolute atomic E-state index is 11.7. The summed E-state index contributed by atoms with van der Waals surface area (Å²) in [5.41, 5.74) is 3.69. The fourth-order valence-corrected chi connectivity index (χ4v) is 6.00. The summed E-state index contributed by atoms with van der Waals surface area (Å²) in [6.07, 6.45) is 17.1. The average Bonchev–Trinajstić information content (AvgIpc) is 2.85. The van der Waals surface area contributed by atoms with Crippen molar-refractivity contribution in [2.24, 2.45) is 5.41 Å². The molecule has 0 N–H and O–H groups in total. The molecule has 32 heavy (non-hydrogen) atoms. The predicted octanol–water partition coefficient (Wildman–Crippen LogP) is 6.78. The van der Waals surface area contributed by atoms with Crippen molar-refractivity contribution in [1.82, 2.24) is 0 Å². The second-order valence-corrected chi connectivity index (χ2v) is 10.2. The number of fused-ring (bicyclic) bond motifs is 3. The zero-order valence-corrected chi connectivity index (χ0v) is 19.9. The van der Waals surface area contributed by atoms with Crippen LogP contribution in [-0.4, -0.2) is 25.5 Å². The van der Waals surface area contributed by atoms with Gasteiger partial charge in [0.2, 0.25) is 6.29 Å². The fraction of sp³-hybridized carbons (Fsp3) is 0.679. The molecule has 176 valence electrons. The summed E-state index contributed by atoms with van der Waals surface area (Å²) >= 11 is 0. The van der Waals surface area contributed by atoms with Crippen LogP contribution in [0.2, 0.25) is 0 Å². The first-order valence-electron chi connectivity index (χ1n) is 12.8. The third kappa shape index (κ3) is 5.28. The van der Waals surface area contributed by atoms with Gasteiger partial charge in [-0.1, -0.05) is 63.5 Å². The largest absolute Gasteiger partial charge is 0.430 e. The summed E-state index contributed by atoms with van der Waals surface area (Å²) in [5, 5.41) is 0. The van der Waals surface area contributed by atoms with Gasteiger partial charge in [0.25, 0.3) is 0 Å². The van der Waals surface area contributed by atoms with Gasteiger partial charge in [-0.2, -0.15) is 0 Å². The Kier molecular flexibility index (Phi) is 7.73. The topological polar surface area (TPSA) is 44.8 Å². The summed E-state index contributed by atoms with van der Waals surface area (Å²) in [6, 6.07) is 9.09. The molecule has 1 aromatic rings. The maximum Gasteiger partial charge on any atom is 0.332 e. The minimum Gasteiger partial charge on any atom is -0.430 e. The normalized spacial score (nSPS) is 32.3. The van der Waals surface area contributed by atoms with Crippen molar-refractivity contribution in [3.05, 3.63) is 47.5 Å². The Morgan fingerprint density at radius 3 is 2.31 bits per heavy atom. The van der Waals surface area contributed by atoms with Crippen molar-refractivity contribution >= 4 is 5.97 Å². The Hall–Kier alpha value is -1.65. The molecule has 1 aliphatic heterocycles.